The second kappa shape index (κ2) is 8.69. The number of hydrogen-bond acceptors (Lipinski definition) is 8. The summed E-state index contributed by atoms with van der Waals surface area (Å²) in [6.45, 7) is 11.7. The molecule has 0 aromatic carbocycles. The molecule has 2 aromatic rings. The third-order valence-electron chi connectivity index (χ3n) is 5.59. The first kappa shape index (κ1) is 19.5. The molecule has 0 radical (unpaired) electrons. The van der Waals surface area contributed by atoms with E-state index in [-0.39, 0.29) is 5.91 Å². The Balaban J connectivity index is 1.42. The molecule has 2 aromatic heterocycles. The summed E-state index contributed by atoms with van der Waals surface area (Å²) in [6, 6.07) is 3.66. The molecule has 0 bridgehead atoms. The molecular formula is C20H28N8O. The molecule has 2 aliphatic rings. The fourth-order valence-electron chi connectivity index (χ4n) is 3.84. The number of aryl methyl sites for hydroxylation is 1. The highest BCUT2D eigenvalue weighted by molar-refractivity contribution is 5.93. The Bertz CT molecular complexity index is 830. The van der Waals surface area contributed by atoms with Crippen LogP contribution < -0.4 is 9.80 Å². The molecule has 4 heterocycles. The average molecular weight is 396 g/mol. The van der Waals surface area contributed by atoms with Crippen LogP contribution in [0.25, 0.3) is 0 Å². The number of anilines is 2. The second-order valence-corrected chi connectivity index (χ2v) is 7.41. The maximum atomic E-state index is 13.1. The first-order valence-electron chi connectivity index (χ1n) is 10.3. The van der Waals surface area contributed by atoms with E-state index >= 15 is 0 Å². The van der Waals surface area contributed by atoms with Gasteiger partial charge in [0.25, 0.3) is 5.91 Å². The van der Waals surface area contributed by atoms with E-state index in [0.29, 0.717) is 43.6 Å². The Morgan fingerprint density at radius 3 is 2.24 bits per heavy atom. The van der Waals surface area contributed by atoms with Gasteiger partial charge in [-0.25, -0.2) is 19.9 Å². The largest absolute Gasteiger partial charge is 0.354 e. The van der Waals surface area contributed by atoms with Crippen LogP contribution in [-0.4, -0.2) is 94.5 Å². The van der Waals surface area contributed by atoms with Crippen LogP contribution >= 0.6 is 0 Å². The maximum absolute atomic E-state index is 13.1. The van der Waals surface area contributed by atoms with Crippen molar-refractivity contribution in [2.75, 3.05) is 68.7 Å². The Morgan fingerprint density at radius 1 is 0.931 bits per heavy atom. The highest BCUT2D eigenvalue weighted by atomic mass is 16.2. The van der Waals surface area contributed by atoms with Gasteiger partial charge in [-0.15, -0.1) is 0 Å². The van der Waals surface area contributed by atoms with Crippen LogP contribution in [0.5, 0.6) is 0 Å². The summed E-state index contributed by atoms with van der Waals surface area (Å²) in [5, 5.41) is 0. The van der Waals surface area contributed by atoms with Crippen molar-refractivity contribution in [1.29, 1.82) is 0 Å². The minimum atomic E-state index is -0.0300. The first-order valence-corrected chi connectivity index (χ1v) is 10.3. The predicted molar refractivity (Wildman–Crippen MR) is 111 cm³/mol. The minimum Gasteiger partial charge on any atom is -0.354 e. The minimum absolute atomic E-state index is 0.0300. The molecule has 9 heteroatoms. The van der Waals surface area contributed by atoms with Gasteiger partial charge in [-0.2, -0.15) is 0 Å². The van der Waals surface area contributed by atoms with Gasteiger partial charge >= 0.3 is 0 Å². The van der Waals surface area contributed by atoms with E-state index in [1.165, 1.54) is 0 Å². The van der Waals surface area contributed by atoms with E-state index in [1.807, 2.05) is 17.9 Å². The van der Waals surface area contributed by atoms with E-state index in [4.69, 9.17) is 0 Å². The van der Waals surface area contributed by atoms with Gasteiger partial charge in [0.1, 0.15) is 17.3 Å². The molecular weight excluding hydrogens is 368 g/mol. The van der Waals surface area contributed by atoms with Crippen molar-refractivity contribution in [3.63, 3.8) is 0 Å². The highest BCUT2D eigenvalue weighted by Crippen LogP contribution is 2.18. The van der Waals surface area contributed by atoms with Crippen molar-refractivity contribution >= 4 is 17.7 Å². The molecule has 2 saturated heterocycles. The van der Waals surface area contributed by atoms with E-state index in [1.54, 1.807) is 18.5 Å². The molecule has 4 rings (SSSR count). The molecule has 0 saturated carbocycles. The van der Waals surface area contributed by atoms with Gasteiger partial charge in [0.05, 0.1) is 0 Å². The summed E-state index contributed by atoms with van der Waals surface area (Å²) in [4.78, 5) is 39.3. The van der Waals surface area contributed by atoms with Crippen molar-refractivity contribution in [3.8, 4) is 0 Å². The van der Waals surface area contributed by atoms with Crippen LogP contribution in [0.15, 0.2) is 24.5 Å². The van der Waals surface area contributed by atoms with Crippen molar-refractivity contribution in [2.45, 2.75) is 13.8 Å². The highest BCUT2D eigenvalue weighted by Gasteiger charge is 2.26. The van der Waals surface area contributed by atoms with Crippen LogP contribution in [0.1, 0.15) is 23.2 Å². The quantitative estimate of drug-likeness (QED) is 0.746. The van der Waals surface area contributed by atoms with Crippen molar-refractivity contribution < 1.29 is 4.79 Å². The number of amides is 1. The number of carbonyl (C=O) groups excluding carboxylic acids is 1. The fourth-order valence-corrected chi connectivity index (χ4v) is 3.84. The summed E-state index contributed by atoms with van der Waals surface area (Å²) in [5.41, 5.74) is 0.481. The molecule has 0 atom stereocenters. The predicted octanol–water partition coefficient (Wildman–Crippen LogP) is 0.679. The summed E-state index contributed by atoms with van der Waals surface area (Å²) in [6.07, 6.45) is 3.48. The Labute approximate surface area is 171 Å². The number of likely N-dealkylation sites (N-methyl/N-ethyl adjacent to an activating group) is 1. The zero-order chi connectivity index (χ0) is 20.2. The molecule has 0 aliphatic carbocycles. The van der Waals surface area contributed by atoms with E-state index in [0.717, 1.165) is 38.5 Å². The lowest BCUT2D eigenvalue weighted by Crippen LogP contribution is -2.49. The maximum Gasteiger partial charge on any atom is 0.272 e. The molecule has 0 spiro atoms. The van der Waals surface area contributed by atoms with Crippen LogP contribution in [0.4, 0.5) is 11.8 Å². The van der Waals surface area contributed by atoms with Gasteiger partial charge < -0.3 is 19.6 Å². The second-order valence-electron chi connectivity index (χ2n) is 7.41. The van der Waals surface area contributed by atoms with Gasteiger partial charge in [0, 0.05) is 70.8 Å². The van der Waals surface area contributed by atoms with E-state index < -0.39 is 0 Å². The van der Waals surface area contributed by atoms with Crippen molar-refractivity contribution in [2.24, 2.45) is 0 Å². The van der Waals surface area contributed by atoms with Crippen LogP contribution in [0.2, 0.25) is 0 Å². The molecule has 2 aliphatic heterocycles. The molecule has 9 nitrogen and oxygen atoms in total. The summed E-state index contributed by atoms with van der Waals surface area (Å²) < 4.78 is 0. The third-order valence-corrected chi connectivity index (χ3v) is 5.59. The Morgan fingerprint density at radius 2 is 1.59 bits per heavy atom. The SMILES string of the molecule is CCN1CCN(c2cc(C(=O)N3CCN(c4ncccn4)CC3)nc(C)n2)CC1. The molecule has 2 fully saturated rings. The van der Waals surface area contributed by atoms with Crippen molar-refractivity contribution in [1.82, 2.24) is 29.7 Å². The van der Waals surface area contributed by atoms with Crippen LogP contribution in [0, 0.1) is 6.92 Å². The van der Waals surface area contributed by atoms with Gasteiger partial charge in [-0.05, 0) is 19.5 Å². The number of nitrogens with zero attached hydrogens (tertiary/aromatic N) is 8. The molecule has 29 heavy (non-hydrogen) atoms. The number of piperazine rings is 2. The van der Waals surface area contributed by atoms with Gasteiger partial charge in [-0.1, -0.05) is 6.92 Å². The molecule has 1 amide bonds. The molecule has 0 unspecified atom stereocenters. The smallest absolute Gasteiger partial charge is 0.272 e. The van der Waals surface area contributed by atoms with Crippen molar-refractivity contribution in [3.05, 3.63) is 36.0 Å². The topological polar surface area (TPSA) is 81.6 Å². The number of hydrogen-bond donors (Lipinski definition) is 0. The van der Waals surface area contributed by atoms with E-state index in [2.05, 4.69) is 41.6 Å². The summed E-state index contributed by atoms with van der Waals surface area (Å²) in [7, 11) is 0. The number of rotatable bonds is 4. The monoisotopic (exact) mass is 396 g/mol. The van der Waals surface area contributed by atoms with Crippen LogP contribution in [0.3, 0.4) is 0 Å². The fraction of sp³-hybridized carbons (Fsp3) is 0.550. The number of aromatic nitrogens is 4. The Hall–Kier alpha value is -2.81. The van der Waals surface area contributed by atoms with Crippen LogP contribution in [-0.2, 0) is 0 Å². The van der Waals surface area contributed by atoms with Gasteiger partial charge in [-0.3, -0.25) is 4.79 Å². The molecule has 154 valence electrons. The lowest BCUT2D eigenvalue weighted by molar-refractivity contribution is 0.0740. The Kier molecular flexibility index (Phi) is 5.84. The van der Waals surface area contributed by atoms with E-state index in [9.17, 15) is 4.79 Å². The zero-order valence-electron chi connectivity index (χ0n) is 17.2. The van der Waals surface area contributed by atoms with Gasteiger partial charge in [0.15, 0.2) is 0 Å². The first-order chi connectivity index (χ1) is 14.1. The normalized spacial score (nSPS) is 18.2. The lowest BCUT2D eigenvalue weighted by Gasteiger charge is -2.35. The van der Waals surface area contributed by atoms with Gasteiger partial charge in [0.2, 0.25) is 5.95 Å². The average Bonchev–Trinajstić information content (AvgIpc) is 2.79. The zero-order valence-corrected chi connectivity index (χ0v) is 17.2. The molecule has 0 N–H and O–H groups in total. The lowest BCUT2D eigenvalue weighted by atomic mass is 10.2. The number of carbonyl (C=O) groups is 1. The summed E-state index contributed by atoms with van der Waals surface area (Å²) in [5.74, 6) is 2.18. The standard InChI is InChI=1S/C20H28N8O/c1-3-25-7-9-26(10-8-25)18-15-17(23-16(2)24-18)19(29)27-11-13-28(14-12-27)20-21-5-4-6-22-20/h4-6,15H,3,7-14H2,1-2H3. The summed E-state index contributed by atoms with van der Waals surface area (Å²) >= 11 is 0. The third kappa shape index (κ3) is 4.45.